The van der Waals surface area contributed by atoms with Crippen molar-refractivity contribution in [2.24, 2.45) is 5.73 Å². The van der Waals surface area contributed by atoms with E-state index >= 15 is 0 Å². The van der Waals surface area contributed by atoms with Crippen LogP contribution in [0.4, 0.5) is 4.39 Å². The van der Waals surface area contributed by atoms with Gasteiger partial charge in [0.15, 0.2) is 11.6 Å². The number of nitrogens with two attached hydrogens (primary N) is 1. The van der Waals surface area contributed by atoms with Crippen molar-refractivity contribution in [3.63, 3.8) is 0 Å². The minimum atomic E-state index is -0.421. The van der Waals surface area contributed by atoms with Crippen LogP contribution in [0.1, 0.15) is 11.3 Å². The highest BCUT2D eigenvalue weighted by Crippen LogP contribution is 2.29. The average Bonchev–Trinajstić information content (AvgIpc) is 2.34. The topological polar surface area (TPSA) is 48.1 Å². The summed E-state index contributed by atoms with van der Waals surface area (Å²) in [6.45, 7) is 2.13. The van der Waals surface area contributed by atoms with Gasteiger partial charge in [-0.25, -0.2) is 4.39 Å². The first kappa shape index (κ1) is 13.0. The number of halogens is 2. The summed E-state index contributed by atoms with van der Waals surface area (Å²) in [5.74, 6) is 0.266. The molecule has 5 heteroatoms. The average molecular weight is 311 g/mol. The first-order valence-corrected chi connectivity index (χ1v) is 6.18. The Bertz CT molecular complexity index is 575. The van der Waals surface area contributed by atoms with Gasteiger partial charge in [-0.15, -0.1) is 0 Å². The molecule has 0 radical (unpaired) electrons. The Hall–Kier alpha value is -1.46. The summed E-state index contributed by atoms with van der Waals surface area (Å²) >= 11 is 3.28. The first-order chi connectivity index (χ1) is 8.60. The molecule has 0 aliphatic rings. The lowest BCUT2D eigenvalue weighted by Gasteiger charge is -2.11. The SMILES string of the molecule is Cc1cc(Oc2cc(Br)ccc2F)c(CN)cn1. The number of aromatic nitrogens is 1. The predicted molar refractivity (Wildman–Crippen MR) is 71.0 cm³/mol. The maximum Gasteiger partial charge on any atom is 0.165 e. The van der Waals surface area contributed by atoms with Crippen LogP contribution in [0.15, 0.2) is 34.9 Å². The van der Waals surface area contributed by atoms with Gasteiger partial charge in [0.25, 0.3) is 0 Å². The van der Waals surface area contributed by atoms with Crippen LogP contribution < -0.4 is 10.5 Å². The molecule has 0 aliphatic carbocycles. The monoisotopic (exact) mass is 310 g/mol. The lowest BCUT2D eigenvalue weighted by molar-refractivity contribution is 0.436. The normalized spacial score (nSPS) is 10.4. The minimum absolute atomic E-state index is 0.157. The van der Waals surface area contributed by atoms with Gasteiger partial charge in [0.05, 0.1) is 0 Å². The van der Waals surface area contributed by atoms with Gasteiger partial charge >= 0.3 is 0 Å². The fourth-order valence-corrected chi connectivity index (χ4v) is 1.83. The van der Waals surface area contributed by atoms with E-state index in [1.54, 1.807) is 24.4 Å². The maximum atomic E-state index is 13.6. The molecular formula is C13H12BrFN2O. The van der Waals surface area contributed by atoms with E-state index in [0.717, 1.165) is 15.7 Å². The fraction of sp³-hybridized carbons (Fsp3) is 0.154. The quantitative estimate of drug-likeness (QED) is 0.943. The van der Waals surface area contributed by atoms with Gasteiger partial charge in [0.2, 0.25) is 0 Å². The lowest BCUT2D eigenvalue weighted by atomic mass is 10.2. The van der Waals surface area contributed by atoms with Crippen LogP contribution in [0.5, 0.6) is 11.5 Å². The summed E-state index contributed by atoms with van der Waals surface area (Å²) in [6, 6.07) is 6.27. The van der Waals surface area contributed by atoms with Gasteiger partial charge in [-0.2, -0.15) is 0 Å². The predicted octanol–water partition coefficient (Wildman–Crippen LogP) is 3.54. The zero-order valence-electron chi connectivity index (χ0n) is 9.78. The van der Waals surface area contributed by atoms with Crippen LogP contribution >= 0.6 is 15.9 Å². The number of hydrogen-bond acceptors (Lipinski definition) is 3. The molecule has 0 bridgehead atoms. The Kier molecular flexibility index (Phi) is 3.93. The van der Waals surface area contributed by atoms with Crippen LogP contribution in [-0.2, 0) is 6.54 Å². The van der Waals surface area contributed by atoms with Gasteiger partial charge in [-0.3, -0.25) is 4.98 Å². The van der Waals surface area contributed by atoms with E-state index in [9.17, 15) is 4.39 Å². The molecule has 2 rings (SSSR count). The molecule has 1 heterocycles. The summed E-state index contributed by atoms with van der Waals surface area (Å²) in [7, 11) is 0. The maximum absolute atomic E-state index is 13.6. The molecule has 94 valence electrons. The first-order valence-electron chi connectivity index (χ1n) is 5.38. The Labute approximate surface area is 113 Å². The van der Waals surface area contributed by atoms with E-state index in [4.69, 9.17) is 10.5 Å². The second-order valence-electron chi connectivity index (χ2n) is 3.81. The number of hydrogen-bond donors (Lipinski definition) is 1. The molecule has 1 aromatic carbocycles. The molecule has 1 aromatic heterocycles. The van der Waals surface area contributed by atoms with Crippen molar-refractivity contribution < 1.29 is 9.13 Å². The Morgan fingerprint density at radius 2 is 2.11 bits per heavy atom. The minimum Gasteiger partial charge on any atom is -0.454 e. The van der Waals surface area contributed by atoms with Gasteiger partial charge < -0.3 is 10.5 Å². The van der Waals surface area contributed by atoms with Crippen LogP contribution in [0, 0.1) is 12.7 Å². The highest BCUT2D eigenvalue weighted by Gasteiger charge is 2.09. The third-order valence-corrected chi connectivity index (χ3v) is 2.91. The number of aryl methyl sites for hydroxylation is 1. The highest BCUT2D eigenvalue weighted by atomic mass is 79.9. The number of pyridine rings is 1. The van der Waals surface area contributed by atoms with Crippen molar-refractivity contribution in [3.05, 3.63) is 52.0 Å². The van der Waals surface area contributed by atoms with Crippen molar-refractivity contribution >= 4 is 15.9 Å². The smallest absolute Gasteiger partial charge is 0.165 e. The molecule has 2 aromatic rings. The molecule has 0 saturated heterocycles. The fourth-order valence-electron chi connectivity index (χ4n) is 1.49. The van der Waals surface area contributed by atoms with E-state index in [-0.39, 0.29) is 12.3 Å². The molecule has 0 atom stereocenters. The largest absolute Gasteiger partial charge is 0.454 e. The molecule has 0 spiro atoms. The number of benzene rings is 1. The molecule has 2 N–H and O–H groups in total. The summed E-state index contributed by atoms with van der Waals surface area (Å²) in [5.41, 5.74) is 7.12. The third kappa shape index (κ3) is 2.86. The Morgan fingerprint density at radius 3 is 2.83 bits per heavy atom. The molecule has 0 fully saturated rings. The second-order valence-corrected chi connectivity index (χ2v) is 4.73. The number of nitrogens with zero attached hydrogens (tertiary/aromatic N) is 1. The van der Waals surface area contributed by atoms with Crippen molar-refractivity contribution in [2.45, 2.75) is 13.5 Å². The Balaban J connectivity index is 2.38. The zero-order valence-corrected chi connectivity index (χ0v) is 11.4. The van der Waals surface area contributed by atoms with E-state index in [1.165, 1.54) is 6.07 Å². The van der Waals surface area contributed by atoms with Crippen LogP contribution in [0.25, 0.3) is 0 Å². The lowest BCUT2D eigenvalue weighted by Crippen LogP contribution is -2.01. The van der Waals surface area contributed by atoms with E-state index in [2.05, 4.69) is 20.9 Å². The number of ether oxygens (including phenoxy) is 1. The zero-order chi connectivity index (χ0) is 13.1. The van der Waals surface area contributed by atoms with Gasteiger partial charge in [-0.1, -0.05) is 15.9 Å². The molecule has 0 amide bonds. The van der Waals surface area contributed by atoms with E-state index < -0.39 is 5.82 Å². The van der Waals surface area contributed by atoms with Gasteiger partial charge in [-0.05, 0) is 25.1 Å². The van der Waals surface area contributed by atoms with Gasteiger partial charge in [0, 0.05) is 34.5 Å². The molecule has 18 heavy (non-hydrogen) atoms. The van der Waals surface area contributed by atoms with Crippen LogP contribution in [0.2, 0.25) is 0 Å². The standard InChI is InChI=1S/C13H12BrFN2O/c1-8-4-12(9(6-16)7-17-8)18-13-5-10(14)2-3-11(13)15/h2-5,7H,6,16H2,1H3. The van der Waals surface area contributed by atoms with E-state index in [1.807, 2.05) is 6.92 Å². The highest BCUT2D eigenvalue weighted by molar-refractivity contribution is 9.10. The summed E-state index contributed by atoms with van der Waals surface area (Å²) in [5, 5.41) is 0. The molecule has 0 saturated carbocycles. The van der Waals surface area contributed by atoms with E-state index in [0.29, 0.717) is 5.75 Å². The summed E-state index contributed by atoms with van der Waals surface area (Å²) in [4.78, 5) is 4.13. The van der Waals surface area contributed by atoms with Crippen LogP contribution in [0.3, 0.4) is 0 Å². The van der Waals surface area contributed by atoms with Crippen molar-refractivity contribution in [1.82, 2.24) is 4.98 Å². The Morgan fingerprint density at radius 1 is 1.33 bits per heavy atom. The van der Waals surface area contributed by atoms with Crippen molar-refractivity contribution in [3.8, 4) is 11.5 Å². The van der Waals surface area contributed by atoms with Crippen LogP contribution in [-0.4, -0.2) is 4.98 Å². The summed E-state index contributed by atoms with van der Waals surface area (Å²) < 4.78 is 19.9. The van der Waals surface area contributed by atoms with Crippen molar-refractivity contribution in [1.29, 1.82) is 0 Å². The summed E-state index contributed by atoms with van der Waals surface area (Å²) in [6.07, 6.45) is 1.64. The van der Waals surface area contributed by atoms with Crippen molar-refractivity contribution in [2.75, 3.05) is 0 Å². The molecule has 0 unspecified atom stereocenters. The molecule has 3 nitrogen and oxygen atoms in total. The molecular weight excluding hydrogens is 299 g/mol. The number of rotatable bonds is 3. The molecule has 0 aliphatic heterocycles. The third-order valence-electron chi connectivity index (χ3n) is 2.41. The second kappa shape index (κ2) is 5.46. The van der Waals surface area contributed by atoms with Gasteiger partial charge in [0.1, 0.15) is 5.75 Å².